The summed E-state index contributed by atoms with van der Waals surface area (Å²) in [7, 11) is 0. The van der Waals surface area contributed by atoms with Crippen LogP contribution in [0.3, 0.4) is 0 Å². The number of aromatic amines is 1. The summed E-state index contributed by atoms with van der Waals surface area (Å²) in [5.41, 5.74) is 6.66. The average Bonchev–Trinajstić information content (AvgIpc) is 2.66. The number of para-hydroxylation sites is 2. The lowest BCUT2D eigenvalue weighted by Gasteiger charge is -2.16. The van der Waals surface area contributed by atoms with Crippen molar-refractivity contribution in [2.45, 2.75) is 25.9 Å². The Kier molecular flexibility index (Phi) is 6.29. The fraction of sp³-hybridized carbons (Fsp3) is 0.333. The minimum absolute atomic E-state index is 0. The summed E-state index contributed by atoms with van der Waals surface area (Å²) in [4.78, 5) is 19.1. The number of imidazole rings is 1. The van der Waals surface area contributed by atoms with Crippen molar-refractivity contribution in [2.24, 2.45) is 5.73 Å². The molecule has 0 atom stereocenters. The van der Waals surface area contributed by atoms with E-state index in [-0.39, 0.29) is 30.7 Å². The van der Waals surface area contributed by atoms with Gasteiger partial charge in [0, 0.05) is 0 Å². The molecule has 1 heterocycles. The summed E-state index contributed by atoms with van der Waals surface area (Å²) in [6, 6.07) is 7.73. The Morgan fingerprint density at radius 3 is 2.58 bits per heavy atom. The van der Waals surface area contributed by atoms with Crippen LogP contribution in [0.5, 0.6) is 0 Å². The van der Waals surface area contributed by atoms with Crippen molar-refractivity contribution < 1.29 is 4.79 Å². The van der Waals surface area contributed by atoms with Gasteiger partial charge in [0.1, 0.15) is 5.82 Å². The topological polar surface area (TPSA) is 83.8 Å². The van der Waals surface area contributed by atoms with Crippen molar-refractivity contribution in [3.8, 4) is 0 Å². The highest BCUT2D eigenvalue weighted by atomic mass is 35.5. The molecule has 0 spiro atoms. The summed E-state index contributed by atoms with van der Waals surface area (Å²) in [5.74, 6) is 0.529. The van der Waals surface area contributed by atoms with Crippen LogP contribution >= 0.6 is 24.8 Å². The minimum atomic E-state index is -0.869. The maximum absolute atomic E-state index is 11.6. The van der Waals surface area contributed by atoms with E-state index in [9.17, 15) is 4.79 Å². The van der Waals surface area contributed by atoms with Gasteiger partial charge >= 0.3 is 0 Å². The molecule has 0 unspecified atom stereocenters. The molecule has 0 saturated heterocycles. The van der Waals surface area contributed by atoms with Gasteiger partial charge in [-0.2, -0.15) is 0 Å². The van der Waals surface area contributed by atoms with E-state index in [1.165, 1.54) is 0 Å². The number of hydrogen-bond acceptors (Lipinski definition) is 3. The molecule has 1 amide bonds. The van der Waals surface area contributed by atoms with Crippen LogP contribution < -0.4 is 11.1 Å². The third-order valence-electron chi connectivity index (χ3n) is 2.44. The molecule has 1 aromatic carbocycles. The molecule has 2 aromatic rings. The number of fused-ring (bicyclic) bond motifs is 1. The van der Waals surface area contributed by atoms with E-state index in [0.717, 1.165) is 16.9 Å². The molecule has 106 valence electrons. The second-order valence-corrected chi connectivity index (χ2v) is 4.61. The molecule has 0 aliphatic heterocycles. The van der Waals surface area contributed by atoms with E-state index in [2.05, 4.69) is 15.3 Å². The number of carbonyl (C=O) groups is 1. The number of amides is 1. The Hall–Kier alpha value is -1.30. The third kappa shape index (κ3) is 4.38. The van der Waals surface area contributed by atoms with Gasteiger partial charge in [0.2, 0.25) is 5.91 Å². The SMILES string of the molecule is CC(C)(N)C(=O)NCc1nc2ccccc2[nH]1.Cl.Cl. The molecule has 0 bridgehead atoms. The fourth-order valence-electron chi connectivity index (χ4n) is 1.48. The Morgan fingerprint density at radius 2 is 2.00 bits per heavy atom. The van der Waals surface area contributed by atoms with Gasteiger partial charge in [-0.05, 0) is 26.0 Å². The van der Waals surface area contributed by atoms with E-state index < -0.39 is 5.54 Å². The van der Waals surface area contributed by atoms with Gasteiger partial charge in [-0.15, -0.1) is 24.8 Å². The second kappa shape index (κ2) is 6.75. The number of nitrogens with two attached hydrogens (primary N) is 1. The molecule has 1 aromatic heterocycles. The van der Waals surface area contributed by atoms with Crippen LogP contribution in [-0.2, 0) is 11.3 Å². The van der Waals surface area contributed by atoms with E-state index >= 15 is 0 Å². The van der Waals surface area contributed by atoms with Crippen LogP contribution in [-0.4, -0.2) is 21.4 Å². The van der Waals surface area contributed by atoms with Gasteiger partial charge in [-0.3, -0.25) is 4.79 Å². The van der Waals surface area contributed by atoms with Gasteiger partial charge < -0.3 is 16.0 Å². The zero-order valence-electron chi connectivity index (χ0n) is 10.8. The van der Waals surface area contributed by atoms with Gasteiger partial charge in [0.15, 0.2) is 0 Å². The maximum atomic E-state index is 11.6. The van der Waals surface area contributed by atoms with E-state index in [4.69, 9.17) is 5.73 Å². The Labute approximate surface area is 124 Å². The summed E-state index contributed by atoms with van der Waals surface area (Å²) in [5, 5.41) is 2.74. The fourth-order valence-corrected chi connectivity index (χ4v) is 1.48. The van der Waals surface area contributed by atoms with Gasteiger partial charge in [0.05, 0.1) is 23.1 Å². The Bertz CT molecular complexity index is 515. The van der Waals surface area contributed by atoms with E-state index in [1.54, 1.807) is 13.8 Å². The second-order valence-electron chi connectivity index (χ2n) is 4.61. The van der Waals surface area contributed by atoms with Gasteiger partial charge in [-0.25, -0.2) is 4.98 Å². The van der Waals surface area contributed by atoms with Crippen LogP contribution in [0, 0.1) is 0 Å². The Morgan fingerprint density at radius 1 is 1.37 bits per heavy atom. The molecule has 4 N–H and O–H groups in total. The molecule has 19 heavy (non-hydrogen) atoms. The molecular weight excluding hydrogens is 287 g/mol. The molecule has 0 saturated carbocycles. The summed E-state index contributed by atoms with van der Waals surface area (Å²) < 4.78 is 0. The number of hydrogen-bond donors (Lipinski definition) is 3. The highest BCUT2D eigenvalue weighted by Crippen LogP contribution is 2.10. The zero-order valence-corrected chi connectivity index (χ0v) is 12.4. The van der Waals surface area contributed by atoms with Crippen LogP contribution in [0.4, 0.5) is 0 Å². The van der Waals surface area contributed by atoms with Crippen molar-refractivity contribution >= 4 is 41.8 Å². The predicted octanol–water partition coefficient (Wildman–Crippen LogP) is 1.76. The first kappa shape index (κ1) is 17.7. The number of aromatic nitrogens is 2. The van der Waals surface area contributed by atoms with Crippen molar-refractivity contribution in [2.75, 3.05) is 0 Å². The molecule has 0 aliphatic rings. The number of rotatable bonds is 3. The number of carbonyl (C=O) groups excluding carboxylic acids is 1. The lowest BCUT2D eigenvalue weighted by molar-refractivity contribution is -0.125. The van der Waals surface area contributed by atoms with E-state index in [0.29, 0.717) is 6.54 Å². The molecule has 5 nitrogen and oxygen atoms in total. The third-order valence-corrected chi connectivity index (χ3v) is 2.44. The summed E-state index contributed by atoms with van der Waals surface area (Å²) in [6.45, 7) is 3.69. The number of benzene rings is 1. The van der Waals surface area contributed by atoms with Gasteiger partial charge in [0.25, 0.3) is 0 Å². The number of nitrogens with zero attached hydrogens (tertiary/aromatic N) is 1. The molecule has 0 aliphatic carbocycles. The maximum Gasteiger partial charge on any atom is 0.239 e. The van der Waals surface area contributed by atoms with Crippen molar-refractivity contribution in [1.82, 2.24) is 15.3 Å². The first-order valence-electron chi connectivity index (χ1n) is 5.47. The van der Waals surface area contributed by atoms with Crippen molar-refractivity contribution in [3.05, 3.63) is 30.1 Å². The molecule has 0 fully saturated rings. The largest absolute Gasteiger partial charge is 0.347 e. The van der Waals surface area contributed by atoms with Gasteiger partial charge in [-0.1, -0.05) is 12.1 Å². The molecule has 0 radical (unpaired) electrons. The van der Waals surface area contributed by atoms with E-state index in [1.807, 2.05) is 24.3 Å². The van der Waals surface area contributed by atoms with Crippen molar-refractivity contribution in [1.29, 1.82) is 0 Å². The molecular formula is C12H18Cl2N4O. The monoisotopic (exact) mass is 304 g/mol. The standard InChI is InChI=1S/C12H16N4O.2ClH/c1-12(2,13)11(17)14-7-10-15-8-5-3-4-6-9(8)16-10;;/h3-6H,7,13H2,1-2H3,(H,14,17)(H,15,16);2*1H. The van der Waals surface area contributed by atoms with Crippen LogP contribution in [0.25, 0.3) is 11.0 Å². The smallest absolute Gasteiger partial charge is 0.239 e. The first-order chi connectivity index (χ1) is 7.97. The van der Waals surface area contributed by atoms with Crippen LogP contribution in [0.2, 0.25) is 0 Å². The summed E-state index contributed by atoms with van der Waals surface area (Å²) in [6.07, 6.45) is 0. The predicted molar refractivity (Wildman–Crippen MR) is 80.7 cm³/mol. The van der Waals surface area contributed by atoms with Crippen LogP contribution in [0.1, 0.15) is 19.7 Å². The first-order valence-corrected chi connectivity index (χ1v) is 5.47. The zero-order chi connectivity index (χ0) is 12.5. The molecule has 2 rings (SSSR count). The molecule has 7 heteroatoms. The van der Waals surface area contributed by atoms with Crippen molar-refractivity contribution in [3.63, 3.8) is 0 Å². The lowest BCUT2D eigenvalue weighted by atomic mass is 10.1. The Balaban J connectivity index is 0.00000162. The lowest BCUT2D eigenvalue weighted by Crippen LogP contribution is -2.48. The number of H-pyrrole nitrogens is 1. The highest BCUT2D eigenvalue weighted by Gasteiger charge is 2.21. The number of nitrogens with one attached hydrogen (secondary N) is 2. The minimum Gasteiger partial charge on any atom is -0.347 e. The van der Waals surface area contributed by atoms with Crippen LogP contribution in [0.15, 0.2) is 24.3 Å². The normalized spacial score (nSPS) is 10.5. The number of halogens is 2. The average molecular weight is 305 g/mol. The highest BCUT2D eigenvalue weighted by molar-refractivity contribution is 5.86. The quantitative estimate of drug-likeness (QED) is 0.808. The summed E-state index contributed by atoms with van der Waals surface area (Å²) >= 11 is 0.